The van der Waals surface area contributed by atoms with Crippen LogP contribution in [0.5, 0.6) is 11.5 Å². The number of hydrogen-bond donors (Lipinski definition) is 2. The lowest BCUT2D eigenvalue weighted by Crippen LogP contribution is -2.23. The number of methoxy groups -OCH3 is 2. The Kier molecular flexibility index (Phi) is 8.83. The predicted molar refractivity (Wildman–Crippen MR) is 110 cm³/mol. The van der Waals surface area contributed by atoms with Gasteiger partial charge in [0.15, 0.2) is 17.5 Å². The first-order valence-electron chi connectivity index (χ1n) is 7.38. The van der Waals surface area contributed by atoms with Gasteiger partial charge in [-0.05, 0) is 18.6 Å². The molecule has 0 aliphatic heterocycles. The highest BCUT2D eigenvalue weighted by atomic mass is 127. The highest BCUT2D eigenvalue weighted by molar-refractivity contribution is 14.0. The molecule has 0 aliphatic carbocycles. The molecule has 0 saturated carbocycles. The fraction of sp³-hybridized carbons (Fsp3) is 0.375. The van der Waals surface area contributed by atoms with Crippen LogP contribution in [0.25, 0.3) is 0 Å². The van der Waals surface area contributed by atoms with Crippen molar-refractivity contribution >= 4 is 47.0 Å². The van der Waals surface area contributed by atoms with Gasteiger partial charge in [0.1, 0.15) is 0 Å². The Bertz CT molecular complexity index is 676. The molecule has 0 bridgehead atoms. The number of aryl methyl sites for hydroxylation is 1. The lowest BCUT2D eigenvalue weighted by atomic mass is 10.3. The van der Waals surface area contributed by atoms with E-state index < -0.39 is 0 Å². The Balaban J connectivity index is 0.00000288. The number of aromatic nitrogens is 1. The smallest absolute Gasteiger partial charge is 0.193 e. The Morgan fingerprint density at radius 2 is 2.04 bits per heavy atom. The molecule has 132 valence electrons. The molecule has 0 amide bonds. The van der Waals surface area contributed by atoms with Gasteiger partial charge in [-0.15, -0.1) is 35.3 Å². The second-order valence-corrected chi connectivity index (χ2v) is 5.74. The second-order valence-electron chi connectivity index (χ2n) is 4.80. The van der Waals surface area contributed by atoms with Gasteiger partial charge in [0.25, 0.3) is 0 Å². The third-order valence-electron chi connectivity index (χ3n) is 3.21. The molecule has 1 heterocycles. The summed E-state index contributed by atoms with van der Waals surface area (Å²) in [6.45, 7) is 2.70. The van der Waals surface area contributed by atoms with E-state index in [2.05, 4.69) is 27.6 Å². The molecule has 2 aromatic rings. The summed E-state index contributed by atoms with van der Waals surface area (Å²) in [6.07, 6.45) is 1.75. The number of thiazole rings is 1. The van der Waals surface area contributed by atoms with Crippen LogP contribution in [0.2, 0.25) is 0 Å². The van der Waals surface area contributed by atoms with E-state index in [4.69, 9.17) is 15.2 Å². The zero-order valence-corrected chi connectivity index (χ0v) is 17.2. The van der Waals surface area contributed by atoms with E-state index in [1.165, 1.54) is 0 Å². The first kappa shape index (κ1) is 20.5. The fourth-order valence-electron chi connectivity index (χ4n) is 2.02. The number of nitrogens with one attached hydrogen (secondary N) is 1. The molecule has 0 aliphatic rings. The summed E-state index contributed by atoms with van der Waals surface area (Å²) in [5.41, 5.74) is 7.77. The standard InChI is InChI=1S/C16H22N4O2S.HI/c1-4-15-19-12(10-23-15)7-8-18-16(17)20-11-5-6-13(21-2)14(9-11)22-3;/h5-6,9-10H,4,7-8H2,1-3H3,(H3,17,18,20);1H. The minimum Gasteiger partial charge on any atom is -0.493 e. The van der Waals surface area contributed by atoms with Crippen molar-refractivity contribution in [1.82, 2.24) is 4.98 Å². The molecule has 3 N–H and O–H groups in total. The molecule has 24 heavy (non-hydrogen) atoms. The van der Waals surface area contributed by atoms with Crippen molar-refractivity contribution in [3.8, 4) is 11.5 Å². The van der Waals surface area contributed by atoms with Crippen molar-refractivity contribution in [2.24, 2.45) is 10.7 Å². The third-order valence-corrected chi connectivity index (χ3v) is 4.25. The highest BCUT2D eigenvalue weighted by Gasteiger charge is 2.05. The molecular formula is C16H23IN4O2S. The second kappa shape index (κ2) is 10.3. The highest BCUT2D eigenvalue weighted by Crippen LogP contribution is 2.29. The summed E-state index contributed by atoms with van der Waals surface area (Å²) in [7, 11) is 3.20. The molecule has 0 spiro atoms. The number of nitrogens with zero attached hydrogens (tertiary/aromatic N) is 2. The van der Waals surface area contributed by atoms with Crippen LogP contribution in [0.4, 0.5) is 5.69 Å². The summed E-state index contributed by atoms with van der Waals surface area (Å²) in [6, 6.07) is 5.49. The number of anilines is 1. The maximum Gasteiger partial charge on any atom is 0.193 e. The van der Waals surface area contributed by atoms with Crippen LogP contribution in [-0.2, 0) is 12.8 Å². The van der Waals surface area contributed by atoms with Gasteiger partial charge in [-0.25, -0.2) is 4.98 Å². The van der Waals surface area contributed by atoms with Crippen LogP contribution in [-0.4, -0.2) is 31.7 Å². The van der Waals surface area contributed by atoms with Crippen molar-refractivity contribution in [3.63, 3.8) is 0 Å². The van der Waals surface area contributed by atoms with Crippen molar-refractivity contribution < 1.29 is 9.47 Å². The largest absolute Gasteiger partial charge is 0.493 e. The Morgan fingerprint density at radius 3 is 2.67 bits per heavy atom. The van der Waals surface area contributed by atoms with Gasteiger partial charge in [0.2, 0.25) is 0 Å². The Hall–Kier alpha value is -1.55. The number of ether oxygens (including phenoxy) is 2. The normalized spacial score (nSPS) is 10.9. The van der Waals surface area contributed by atoms with E-state index in [0.29, 0.717) is 24.0 Å². The summed E-state index contributed by atoms with van der Waals surface area (Å²) >= 11 is 1.69. The lowest BCUT2D eigenvalue weighted by molar-refractivity contribution is 0.355. The summed E-state index contributed by atoms with van der Waals surface area (Å²) in [5.74, 6) is 1.67. The van der Waals surface area contributed by atoms with Crippen LogP contribution in [0, 0.1) is 0 Å². The minimum absolute atomic E-state index is 0. The molecule has 6 nitrogen and oxygen atoms in total. The average molecular weight is 462 g/mol. The lowest BCUT2D eigenvalue weighted by Gasteiger charge is -2.10. The van der Waals surface area contributed by atoms with Crippen molar-refractivity contribution in [2.75, 3.05) is 26.1 Å². The number of guanidine groups is 1. The van der Waals surface area contributed by atoms with Crippen molar-refractivity contribution in [3.05, 3.63) is 34.3 Å². The number of hydrogen-bond acceptors (Lipinski definition) is 5. The predicted octanol–water partition coefficient (Wildman–Crippen LogP) is 3.31. The van der Waals surface area contributed by atoms with Gasteiger partial charge in [0.05, 0.1) is 24.9 Å². The van der Waals surface area contributed by atoms with Gasteiger partial charge in [-0.3, -0.25) is 4.99 Å². The zero-order valence-electron chi connectivity index (χ0n) is 14.0. The Morgan fingerprint density at radius 1 is 1.29 bits per heavy atom. The maximum atomic E-state index is 5.91. The molecular weight excluding hydrogens is 439 g/mol. The van der Waals surface area contributed by atoms with Gasteiger partial charge < -0.3 is 20.5 Å². The van der Waals surface area contributed by atoms with E-state index in [-0.39, 0.29) is 24.0 Å². The van der Waals surface area contributed by atoms with Gasteiger partial charge >= 0.3 is 0 Å². The van der Waals surface area contributed by atoms with Crippen molar-refractivity contribution in [2.45, 2.75) is 19.8 Å². The molecule has 1 aromatic carbocycles. The molecule has 0 atom stereocenters. The molecule has 0 saturated heterocycles. The third kappa shape index (κ3) is 5.82. The minimum atomic E-state index is 0. The first-order valence-corrected chi connectivity index (χ1v) is 8.26. The van der Waals surface area contributed by atoms with Crippen molar-refractivity contribution in [1.29, 1.82) is 0 Å². The van der Waals surface area contributed by atoms with E-state index in [9.17, 15) is 0 Å². The maximum absolute atomic E-state index is 5.91. The van der Waals surface area contributed by atoms with Crippen LogP contribution in [0.15, 0.2) is 28.6 Å². The molecule has 0 radical (unpaired) electrons. The SMILES string of the molecule is CCc1nc(CCN=C(N)Nc2ccc(OC)c(OC)c2)cs1.I. The van der Waals surface area contributed by atoms with E-state index in [1.54, 1.807) is 25.6 Å². The Labute approximate surface area is 163 Å². The van der Waals surface area contributed by atoms with E-state index >= 15 is 0 Å². The van der Waals surface area contributed by atoms with Crippen LogP contribution in [0.1, 0.15) is 17.6 Å². The zero-order chi connectivity index (χ0) is 16.7. The molecule has 0 fully saturated rings. The topological polar surface area (TPSA) is 81.8 Å². The average Bonchev–Trinajstić information content (AvgIpc) is 3.02. The molecule has 0 unspecified atom stereocenters. The van der Waals surface area contributed by atoms with Crippen LogP contribution < -0.4 is 20.5 Å². The summed E-state index contributed by atoms with van der Waals surface area (Å²) in [4.78, 5) is 8.83. The molecule has 2 rings (SSSR count). The van der Waals surface area contributed by atoms with Gasteiger partial charge in [-0.1, -0.05) is 6.92 Å². The van der Waals surface area contributed by atoms with Crippen LogP contribution >= 0.6 is 35.3 Å². The van der Waals surface area contributed by atoms with Gasteiger partial charge in [0, 0.05) is 30.1 Å². The monoisotopic (exact) mass is 462 g/mol. The number of nitrogens with two attached hydrogens (primary N) is 1. The first-order chi connectivity index (χ1) is 11.2. The van der Waals surface area contributed by atoms with Crippen LogP contribution in [0.3, 0.4) is 0 Å². The van der Waals surface area contributed by atoms with Gasteiger partial charge in [-0.2, -0.15) is 0 Å². The number of rotatable bonds is 7. The van der Waals surface area contributed by atoms with E-state index in [1.807, 2.05) is 18.2 Å². The number of aliphatic imine (C=N–C) groups is 1. The molecule has 1 aromatic heterocycles. The van der Waals surface area contributed by atoms with E-state index in [0.717, 1.165) is 29.2 Å². The molecule has 8 heteroatoms. The number of halogens is 1. The number of benzene rings is 1. The summed E-state index contributed by atoms with van der Waals surface area (Å²) in [5, 5.41) is 6.27. The fourth-order valence-corrected chi connectivity index (χ4v) is 2.80. The summed E-state index contributed by atoms with van der Waals surface area (Å²) < 4.78 is 10.5. The quantitative estimate of drug-likeness (QED) is 0.375.